The van der Waals surface area contributed by atoms with Crippen LogP contribution < -0.4 is 0 Å². The average molecular weight is 236 g/mol. The molecular weight excluding hydrogens is 218 g/mol. The Morgan fingerprint density at radius 2 is 2.07 bits per heavy atom. The largest absolute Gasteiger partial charge is 0.458 e. The van der Waals surface area contributed by atoms with E-state index in [-0.39, 0.29) is 11.8 Å². The minimum atomic E-state index is -0.543. The van der Waals surface area contributed by atoms with Crippen LogP contribution in [-0.2, 0) is 9.53 Å². The smallest absolute Gasteiger partial charge is 0.356 e. The molecule has 0 unspecified atom stereocenters. The van der Waals surface area contributed by atoms with Gasteiger partial charge in [-0.3, -0.25) is 0 Å². The lowest BCUT2D eigenvalue weighted by molar-refractivity contribution is -0.139. The molecule has 1 N–H and O–H groups in total. The molecule has 0 radical (unpaired) electrons. The van der Waals surface area contributed by atoms with Crippen LogP contribution in [0.2, 0.25) is 0 Å². The number of nitrogens with zero attached hydrogens (tertiary/aromatic N) is 1. The molecule has 5 heteroatoms. The van der Waals surface area contributed by atoms with Gasteiger partial charge < -0.3 is 9.94 Å². The Labute approximate surface area is 95.2 Å². The Morgan fingerprint density at radius 1 is 1.40 bits per heavy atom. The van der Waals surface area contributed by atoms with Crippen molar-refractivity contribution in [3.8, 4) is 0 Å². The molecule has 0 fully saturated rings. The van der Waals surface area contributed by atoms with Crippen LogP contribution in [0.4, 0.5) is 0 Å². The highest BCUT2D eigenvalue weighted by molar-refractivity contribution is 6.36. The summed E-state index contributed by atoms with van der Waals surface area (Å²) in [5, 5.41) is 11.6. The van der Waals surface area contributed by atoms with E-state index < -0.39 is 5.97 Å². The SMILES string of the molecule is CC(C)OC(=O)C(CCCCCCl)=NO. The van der Waals surface area contributed by atoms with E-state index in [0.29, 0.717) is 12.3 Å². The molecule has 0 atom stereocenters. The van der Waals surface area contributed by atoms with Crippen molar-refractivity contribution in [3.63, 3.8) is 0 Å². The first kappa shape index (κ1) is 14.2. The fourth-order valence-corrected chi connectivity index (χ4v) is 1.23. The van der Waals surface area contributed by atoms with Crippen LogP contribution in [0.15, 0.2) is 5.16 Å². The first-order valence-corrected chi connectivity index (χ1v) is 5.63. The summed E-state index contributed by atoms with van der Waals surface area (Å²) in [6.45, 7) is 3.50. The van der Waals surface area contributed by atoms with Crippen molar-refractivity contribution in [2.45, 2.75) is 45.6 Å². The highest BCUT2D eigenvalue weighted by atomic mass is 35.5. The van der Waals surface area contributed by atoms with Crippen molar-refractivity contribution in [1.29, 1.82) is 0 Å². The van der Waals surface area contributed by atoms with E-state index in [1.165, 1.54) is 0 Å². The Morgan fingerprint density at radius 3 is 2.53 bits per heavy atom. The lowest BCUT2D eigenvalue weighted by Crippen LogP contribution is -2.21. The normalized spacial score (nSPS) is 11.9. The van der Waals surface area contributed by atoms with Crippen molar-refractivity contribution in [2.24, 2.45) is 5.16 Å². The average Bonchev–Trinajstić information content (AvgIpc) is 2.16. The van der Waals surface area contributed by atoms with Gasteiger partial charge in [-0.1, -0.05) is 11.6 Å². The number of rotatable bonds is 7. The summed E-state index contributed by atoms with van der Waals surface area (Å²) < 4.78 is 4.90. The number of hydrogen-bond acceptors (Lipinski definition) is 4. The molecule has 0 bridgehead atoms. The third-order valence-electron chi connectivity index (χ3n) is 1.75. The van der Waals surface area contributed by atoms with Crippen molar-refractivity contribution < 1.29 is 14.7 Å². The van der Waals surface area contributed by atoms with Gasteiger partial charge in [0.05, 0.1) is 6.10 Å². The zero-order valence-electron chi connectivity index (χ0n) is 9.20. The minimum absolute atomic E-state index is 0.0817. The van der Waals surface area contributed by atoms with Gasteiger partial charge in [0.15, 0.2) is 5.71 Å². The molecule has 0 aromatic carbocycles. The number of ether oxygens (including phenoxy) is 1. The van der Waals surface area contributed by atoms with Crippen molar-refractivity contribution in [3.05, 3.63) is 0 Å². The number of carbonyl (C=O) groups is 1. The summed E-state index contributed by atoms with van der Waals surface area (Å²) in [5.41, 5.74) is 0.0817. The number of alkyl halides is 1. The minimum Gasteiger partial charge on any atom is -0.458 e. The van der Waals surface area contributed by atoms with E-state index >= 15 is 0 Å². The van der Waals surface area contributed by atoms with Crippen LogP contribution in [-0.4, -0.2) is 28.9 Å². The van der Waals surface area contributed by atoms with Gasteiger partial charge in [-0.15, -0.1) is 11.6 Å². The van der Waals surface area contributed by atoms with Gasteiger partial charge in [0.1, 0.15) is 0 Å². The molecule has 15 heavy (non-hydrogen) atoms. The molecule has 0 aliphatic heterocycles. The molecule has 0 saturated heterocycles. The number of hydrogen-bond donors (Lipinski definition) is 1. The Hall–Kier alpha value is -0.770. The molecule has 0 saturated carbocycles. The maximum atomic E-state index is 11.3. The zero-order valence-corrected chi connectivity index (χ0v) is 9.96. The van der Waals surface area contributed by atoms with Crippen molar-refractivity contribution >= 4 is 23.3 Å². The van der Waals surface area contributed by atoms with Crippen molar-refractivity contribution in [1.82, 2.24) is 0 Å². The van der Waals surface area contributed by atoms with E-state index in [2.05, 4.69) is 5.16 Å². The Bertz CT molecular complexity index is 217. The van der Waals surface area contributed by atoms with E-state index in [1.807, 2.05) is 0 Å². The van der Waals surface area contributed by atoms with Gasteiger partial charge in [-0.05, 0) is 26.7 Å². The molecular formula is C10H18ClNO3. The van der Waals surface area contributed by atoms with E-state index in [1.54, 1.807) is 13.8 Å². The summed E-state index contributed by atoms with van der Waals surface area (Å²) >= 11 is 5.51. The highest BCUT2D eigenvalue weighted by Crippen LogP contribution is 2.04. The second-order valence-electron chi connectivity index (χ2n) is 3.50. The molecule has 0 aromatic heterocycles. The quantitative estimate of drug-likeness (QED) is 0.184. The number of esters is 1. The highest BCUT2D eigenvalue weighted by Gasteiger charge is 2.14. The summed E-state index contributed by atoms with van der Waals surface area (Å²) in [4.78, 5) is 11.3. The maximum Gasteiger partial charge on any atom is 0.356 e. The monoisotopic (exact) mass is 235 g/mol. The van der Waals surface area contributed by atoms with Gasteiger partial charge in [-0.2, -0.15) is 0 Å². The predicted octanol–water partition coefficient (Wildman–Crippen LogP) is 2.57. The molecule has 0 aromatic rings. The number of halogens is 1. The van der Waals surface area contributed by atoms with E-state index in [9.17, 15) is 4.79 Å². The maximum absolute atomic E-state index is 11.3. The topological polar surface area (TPSA) is 58.9 Å². The van der Waals surface area contributed by atoms with Gasteiger partial charge in [0.2, 0.25) is 0 Å². The summed E-state index contributed by atoms with van der Waals surface area (Å²) in [6.07, 6.45) is 2.83. The summed E-state index contributed by atoms with van der Waals surface area (Å²) in [7, 11) is 0. The van der Waals surface area contributed by atoms with Gasteiger partial charge >= 0.3 is 5.97 Å². The van der Waals surface area contributed by atoms with Crippen LogP contribution in [0, 0.1) is 0 Å². The molecule has 0 spiro atoms. The zero-order chi connectivity index (χ0) is 11.7. The molecule has 0 aliphatic carbocycles. The molecule has 0 amide bonds. The van der Waals surface area contributed by atoms with Gasteiger partial charge in [-0.25, -0.2) is 4.79 Å². The van der Waals surface area contributed by atoms with Crippen LogP contribution in [0.5, 0.6) is 0 Å². The van der Waals surface area contributed by atoms with E-state index in [0.717, 1.165) is 19.3 Å². The predicted molar refractivity (Wildman–Crippen MR) is 59.6 cm³/mol. The first-order chi connectivity index (χ1) is 7.11. The van der Waals surface area contributed by atoms with Crippen LogP contribution in [0.25, 0.3) is 0 Å². The van der Waals surface area contributed by atoms with E-state index in [4.69, 9.17) is 21.5 Å². The van der Waals surface area contributed by atoms with Crippen molar-refractivity contribution in [2.75, 3.05) is 5.88 Å². The molecule has 0 rings (SSSR count). The Balaban J connectivity index is 3.87. The second-order valence-corrected chi connectivity index (χ2v) is 3.88. The van der Waals surface area contributed by atoms with Crippen LogP contribution in [0.1, 0.15) is 39.5 Å². The van der Waals surface area contributed by atoms with Gasteiger partial charge in [0, 0.05) is 12.3 Å². The molecule has 0 aliphatic rings. The summed E-state index contributed by atoms with van der Waals surface area (Å²) in [6, 6.07) is 0. The van der Waals surface area contributed by atoms with Gasteiger partial charge in [0.25, 0.3) is 0 Å². The van der Waals surface area contributed by atoms with Crippen LogP contribution >= 0.6 is 11.6 Å². The molecule has 4 nitrogen and oxygen atoms in total. The fourth-order valence-electron chi connectivity index (χ4n) is 1.04. The number of carbonyl (C=O) groups excluding carboxylic acids is 1. The standard InChI is InChI=1S/C10H18ClNO3/c1-8(2)15-10(13)9(12-14)6-4-3-5-7-11/h8,14H,3-7H2,1-2H3. The lowest BCUT2D eigenvalue weighted by atomic mass is 10.1. The van der Waals surface area contributed by atoms with Crippen LogP contribution in [0.3, 0.4) is 0 Å². The molecule has 0 heterocycles. The number of oxime groups is 1. The Kier molecular flexibility index (Phi) is 8.09. The third-order valence-corrected chi connectivity index (χ3v) is 2.01. The summed E-state index contributed by atoms with van der Waals surface area (Å²) in [5.74, 6) is 0.0700. The fraction of sp³-hybridized carbons (Fsp3) is 0.800. The number of unbranched alkanes of at least 4 members (excludes halogenated alkanes) is 2. The first-order valence-electron chi connectivity index (χ1n) is 5.09. The molecule has 88 valence electrons. The third kappa shape index (κ3) is 7.19. The second kappa shape index (κ2) is 8.53. The lowest BCUT2D eigenvalue weighted by Gasteiger charge is -2.08.